The summed E-state index contributed by atoms with van der Waals surface area (Å²) in [6, 6.07) is 12.3. The first-order chi connectivity index (χ1) is 16.9. The van der Waals surface area contributed by atoms with Gasteiger partial charge in [-0.1, -0.05) is 53.0 Å². The van der Waals surface area contributed by atoms with Crippen molar-refractivity contribution in [1.29, 1.82) is 0 Å². The number of methoxy groups -OCH3 is 1. The number of aliphatic hydroxyl groups is 1. The van der Waals surface area contributed by atoms with Gasteiger partial charge in [0.25, 0.3) is 11.7 Å². The summed E-state index contributed by atoms with van der Waals surface area (Å²) < 4.78 is 44.6. The summed E-state index contributed by atoms with van der Waals surface area (Å²) in [6.45, 7) is 1.80. The molecule has 3 aromatic rings. The van der Waals surface area contributed by atoms with E-state index in [9.17, 15) is 27.9 Å². The highest BCUT2D eigenvalue weighted by molar-refractivity contribution is 6.52. The number of ketones is 1. The minimum absolute atomic E-state index is 0.0157. The van der Waals surface area contributed by atoms with Crippen LogP contribution in [-0.2, 0) is 15.8 Å². The van der Waals surface area contributed by atoms with Crippen molar-refractivity contribution in [3.05, 3.63) is 98.5 Å². The van der Waals surface area contributed by atoms with Crippen molar-refractivity contribution in [3.8, 4) is 5.75 Å². The molecule has 1 aliphatic heterocycles. The number of aryl methyl sites for hydroxylation is 1. The summed E-state index contributed by atoms with van der Waals surface area (Å²) in [4.78, 5) is 27.5. The molecule has 0 spiro atoms. The molecule has 1 aliphatic rings. The zero-order valence-corrected chi connectivity index (χ0v) is 20.4. The van der Waals surface area contributed by atoms with Gasteiger partial charge in [-0.25, -0.2) is 0 Å². The second-order valence-electron chi connectivity index (χ2n) is 8.10. The molecule has 10 heteroatoms. The van der Waals surface area contributed by atoms with Crippen molar-refractivity contribution in [2.45, 2.75) is 19.1 Å². The molecule has 0 saturated carbocycles. The van der Waals surface area contributed by atoms with E-state index in [4.69, 9.17) is 27.9 Å². The van der Waals surface area contributed by atoms with Crippen molar-refractivity contribution in [1.82, 2.24) is 0 Å². The van der Waals surface area contributed by atoms with Crippen LogP contribution in [-0.4, -0.2) is 23.9 Å². The third-order valence-corrected chi connectivity index (χ3v) is 6.24. The summed E-state index contributed by atoms with van der Waals surface area (Å²) in [7, 11) is 1.31. The molecule has 1 N–H and O–H groups in total. The molecule has 0 aromatic heterocycles. The Morgan fingerprint density at radius 1 is 1.03 bits per heavy atom. The Morgan fingerprint density at radius 2 is 1.69 bits per heavy atom. The Balaban J connectivity index is 1.97. The van der Waals surface area contributed by atoms with Gasteiger partial charge in [0.1, 0.15) is 11.5 Å². The lowest BCUT2D eigenvalue weighted by atomic mass is 9.94. The summed E-state index contributed by atoms with van der Waals surface area (Å²) >= 11 is 12.3. The number of alkyl halides is 3. The molecular formula is C26H18Cl2F3NO4. The van der Waals surface area contributed by atoms with Gasteiger partial charge in [0, 0.05) is 10.7 Å². The zero-order valence-electron chi connectivity index (χ0n) is 18.9. The van der Waals surface area contributed by atoms with Crippen LogP contribution in [0.2, 0.25) is 10.0 Å². The van der Waals surface area contributed by atoms with Gasteiger partial charge < -0.3 is 9.84 Å². The molecule has 1 heterocycles. The Labute approximate surface area is 214 Å². The Bertz CT molecular complexity index is 1400. The summed E-state index contributed by atoms with van der Waals surface area (Å²) in [5.74, 6) is -2.61. The predicted molar refractivity (Wildman–Crippen MR) is 130 cm³/mol. The average molecular weight is 536 g/mol. The van der Waals surface area contributed by atoms with Crippen molar-refractivity contribution >= 4 is 46.3 Å². The smallest absolute Gasteiger partial charge is 0.416 e. The number of halogens is 5. The standard InChI is InChI=1S/C26H18Cl2F3NO4/c1-13-4-3-5-14(10-13)21-20(22(33)18-11-16(27)12-19(28)24(18)36-2)23(34)25(35)32(21)17-8-6-15(7-9-17)26(29,30)31/h3-12,21,33H,1-2H3/b22-20+. The lowest BCUT2D eigenvalue weighted by molar-refractivity contribution is -0.137. The van der Waals surface area contributed by atoms with Crippen LogP contribution in [0.3, 0.4) is 0 Å². The molecule has 3 aromatic carbocycles. The zero-order chi connectivity index (χ0) is 26.4. The van der Waals surface area contributed by atoms with Gasteiger partial charge in [0.05, 0.1) is 34.9 Å². The van der Waals surface area contributed by atoms with Crippen LogP contribution in [0, 0.1) is 6.92 Å². The second kappa shape index (κ2) is 9.52. The fraction of sp³-hybridized carbons (Fsp3) is 0.154. The minimum Gasteiger partial charge on any atom is -0.507 e. The van der Waals surface area contributed by atoms with Gasteiger partial charge in [-0.3, -0.25) is 14.5 Å². The number of ether oxygens (including phenoxy) is 1. The van der Waals surface area contributed by atoms with Crippen LogP contribution in [0.25, 0.3) is 5.76 Å². The number of rotatable bonds is 4. The fourth-order valence-electron chi connectivity index (χ4n) is 4.15. The summed E-state index contributed by atoms with van der Waals surface area (Å²) in [5, 5.41) is 11.5. The van der Waals surface area contributed by atoms with Gasteiger partial charge in [-0.15, -0.1) is 0 Å². The molecule has 0 aliphatic carbocycles. The predicted octanol–water partition coefficient (Wildman–Crippen LogP) is 6.96. The number of anilines is 1. The normalized spacial score (nSPS) is 17.5. The molecule has 0 radical (unpaired) electrons. The Morgan fingerprint density at radius 3 is 2.28 bits per heavy atom. The van der Waals surface area contributed by atoms with Crippen LogP contribution in [0.5, 0.6) is 5.75 Å². The lowest BCUT2D eigenvalue weighted by Gasteiger charge is -2.26. The molecule has 0 bridgehead atoms. The van der Waals surface area contributed by atoms with Crippen LogP contribution < -0.4 is 9.64 Å². The first-order valence-corrected chi connectivity index (χ1v) is 11.3. The van der Waals surface area contributed by atoms with E-state index in [1.54, 1.807) is 31.2 Å². The van der Waals surface area contributed by atoms with Gasteiger partial charge in [0.2, 0.25) is 0 Å². The highest BCUT2D eigenvalue weighted by Gasteiger charge is 2.47. The average Bonchev–Trinajstić information content (AvgIpc) is 3.08. The van der Waals surface area contributed by atoms with E-state index < -0.39 is 35.2 Å². The van der Waals surface area contributed by atoms with Crippen LogP contribution in [0.1, 0.15) is 28.3 Å². The topological polar surface area (TPSA) is 66.8 Å². The molecule has 1 saturated heterocycles. The summed E-state index contributed by atoms with van der Waals surface area (Å²) in [5.41, 5.74) is 0.0943. The maximum Gasteiger partial charge on any atom is 0.416 e. The number of hydrogen-bond donors (Lipinski definition) is 1. The molecule has 1 amide bonds. The van der Waals surface area contributed by atoms with Crippen LogP contribution in [0.4, 0.5) is 18.9 Å². The third-order valence-electron chi connectivity index (χ3n) is 5.74. The maximum atomic E-state index is 13.3. The third kappa shape index (κ3) is 4.54. The van der Waals surface area contributed by atoms with Gasteiger partial charge in [-0.2, -0.15) is 13.2 Å². The van der Waals surface area contributed by atoms with Crippen molar-refractivity contribution < 1.29 is 32.6 Å². The molecule has 4 rings (SSSR count). The van der Waals surface area contributed by atoms with Crippen molar-refractivity contribution in [3.63, 3.8) is 0 Å². The fourth-order valence-corrected chi connectivity index (χ4v) is 4.72. The first-order valence-electron chi connectivity index (χ1n) is 10.5. The SMILES string of the molecule is COc1c(Cl)cc(Cl)cc1/C(O)=C1\C(=O)C(=O)N(c2ccc(C(F)(F)F)cc2)C1c1cccc(C)c1. The highest BCUT2D eigenvalue weighted by Crippen LogP contribution is 2.45. The molecule has 1 unspecified atom stereocenters. The molecule has 1 atom stereocenters. The molecular weight excluding hydrogens is 518 g/mol. The van der Waals surface area contributed by atoms with E-state index in [0.29, 0.717) is 5.56 Å². The van der Waals surface area contributed by atoms with Crippen LogP contribution >= 0.6 is 23.2 Å². The van der Waals surface area contributed by atoms with Gasteiger partial charge in [0.15, 0.2) is 0 Å². The van der Waals surface area contributed by atoms with E-state index in [2.05, 4.69) is 0 Å². The molecule has 186 valence electrons. The Hall–Kier alpha value is -3.49. The maximum absolute atomic E-state index is 13.3. The second-order valence-corrected chi connectivity index (χ2v) is 8.94. The van der Waals surface area contributed by atoms with E-state index in [-0.39, 0.29) is 32.6 Å². The number of hydrogen-bond acceptors (Lipinski definition) is 4. The van der Waals surface area contributed by atoms with Crippen molar-refractivity contribution in [2.75, 3.05) is 12.0 Å². The monoisotopic (exact) mass is 535 g/mol. The van der Waals surface area contributed by atoms with Crippen molar-refractivity contribution in [2.24, 2.45) is 0 Å². The number of carbonyl (C=O) groups excluding carboxylic acids is 2. The quantitative estimate of drug-likeness (QED) is 0.223. The van der Waals surface area contributed by atoms with E-state index in [0.717, 1.165) is 34.7 Å². The number of carbonyl (C=O) groups is 2. The number of nitrogens with zero attached hydrogens (tertiary/aromatic N) is 1. The molecule has 36 heavy (non-hydrogen) atoms. The summed E-state index contributed by atoms with van der Waals surface area (Å²) in [6.07, 6.45) is -4.58. The highest BCUT2D eigenvalue weighted by atomic mass is 35.5. The number of aliphatic hydroxyl groups excluding tert-OH is 1. The number of Topliss-reactive ketones (excluding diaryl/α,β-unsaturated/α-hetero) is 1. The first kappa shape index (κ1) is 25.6. The van der Waals surface area contributed by atoms with E-state index in [1.807, 2.05) is 0 Å². The van der Waals surface area contributed by atoms with Crippen LogP contribution in [0.15, 0.2) is 66.2 Å². The largest absolute Gasteiger partial charge is 0.507 e. The van der Waals surface area contributed by atoms with Gasteiger partial charge >= 0.3 is 6.18 Å². The molecule has 5 nitrogen and oxygen atoms in total. The number of amides is 1. The minimum atomic E-state index is -4.58. The number of benzene rings is 3. The Kier molecular flexibility index (Phi) is 6.77. The van der Waals surface area contributed by atoms with Gasteiger partial charge in [-0.05, 0) is 48.9 Å². The van der Waals surface area contributed by atoms with E-state index in [1.165, 1.54) is 19.2 Å². The lowest BCUT2D eigenvalue weighted by Crippen LogP contribution is -2.29. The molecule has 1 fully saturated rings. The van der Waals surface area contributed by atoms with E-state index >= 15 is 0 Å².